The van der Waals surface area contributed by atoms with Crippen LogP contribution in [0.15, 0.2) is 24.3 Å². The fraction of sp³-hybridized carbons (Fsp3) is 0.444. The number of hydrogen-bond donors (Lipinski definition) is 1. The Morgan fingerprint density at radius 1 is 1.14 bits per heavy atom. The Hall–Kier alpha value is -3.30. The molecular weight excluding hydrogens is 368 g/mol. The van der Waals surface area contributed by atoms with E-state index in [0.717, 1.165) is 24.2 Å². The van der Waals surface area contributed by atoms with Gasteiger partial charge in [0.05, 0.1) is 4.92 Å². The highest BCUT2D eigenvalue weighted by Gasteiger charge is 2.49. The predicted octanol–water partition coefficient (Wildman–Crippen LogP) is 1.90. The van der Waals surface area contributed by atoms with Crippen LogP contribution >= 0.6 is 0 Å². The monoisotopic (exact) mass is 388 g/mol. The fourth-order valence-electron chi connectivity index (χ4n) is 3.65. The van der Waals surface area contributed by atoms with Crippen molar-refractivity contribution in [3.8, 4) is 0 Å². The molecule has 10 heteroatoms. The number of hydrogen-bond acceptors (Lipinski definition) is 6. The van der Waals surface area contributed by atoms with E-state index in [1.807, 2.05) is 6.92 Å². The van der Waals surface area contributed by atoms with E-state index in [1.165, 1.54) is 24.3 Å². The molecule has 1 saturated heterocycles. The van der Waals surface area contributed by atoms with Gasteiger partial charge in [-0.25, -0.2) is 9.69 Å². The maximum absolute atomic E-state index is 12.6. The van der Waals surface area contributed by atoms with Crippen LogP contribution in [-0.4, -0.2) is 51.1 Å². The molecule has 1 aliphatic heterocycles. The van der Waals surface area contributed by atoms with Crippen molar-refractivity contribution in [2.24, 2.45) is 5.92 Å². The highest BCUT2D eigenvalue weighted by molar-refractivity contribution is 6.45. The van der Waals surface area contributed by atoms with Crippen molar-refractivity contribution in [3.63, 3.8) is 0 Å². The first-order chi connectivity index (χ1) is 13.3. The van der Waals surface area contributed by atoms with Gasteiger partial charge in [0.25, 0.3) is 5.69 Å². The second-order valence-corrected chi connectivity index (χ2v) is 7.03. The molecule has 2 aliphatic rings. The minimum absolute atomic E-state index is 0.100. The summed E-state index contributed by atoms with van der Waals surface area (Å²) in [6.07, 6.45) is 3.41. The zero-order chi connectivity index (χ0) is 20.4. The first kappa shape index (κ1) is 19.5. The third-order valence-corrected chi connectivity index (χ3v) is 5.15. The average Bonchev–Trinajstić information content (AvgIpc) is 2.86. The van der Waals surface area contributed by atoms with Gasteiger partial charge in [0.1, 0.15) is 6.54 Å². The van der Waals surface area contributed by atoms with Crippen LogP contribution in [0.2, 0.25) is 0 Å². The summed E-state index contributed by atoms with van der Waals surface area (Å²) in [6, 6.07) is 4.01. The van der Waals surface area contributed by atoms with Gasteiger partial charge in [-0.15, -0.1) is 0 Å². The summed E-state index contributed by atoms with van der Waals surface area (Å²) < 4.78 is 0. The maximum atomic E-state index is 12.6. The minimum atomic E-state index is -1.01. The van der Waals surface area contributed by atoms with Gasteiger partial charge in [-0.1, -0.05) is 19.8 Å². The summed E-state index contributed by atoms with van der Waals surface area (Å²) in [5.74, 6) is -2.49. The highest BCUT2D eigenvalue weighted by Crippen LogP contribution is 2.31. The Balaban J connectivity index is 1.67. The molecule has 2 fully saturated rings. The molecule has 1 saturated carbocycles. The van der Waals surface area contributed by atoms with Gasteiger partial charge in [-0.3, -0.25) is 29.4 Å². The summed E-state index contributed by atoms with van der Waals surface area (Å²) in [5.41, 5.74) is 0.143. The molecule has 5 amide bonds. The van der Waals surface area contributed by atoms with E-state index in [1.54, 1.807) is 0 Å². The van der Waals surface area contributed by atoms with Gasteiger partial charge in [-0.2, -0.15) is 0 Å². The summed E-state index contributed by atoms with van der Waals surface area (Å²) >= 11 is 0. The molecule has 1 aliphatic carbocycles. The Labute approximate surface area is 160 Å². The van der Waals surface area contributed by atoms with Crippen LogP contribution in [0, 0.1) is 16.0 Å². The zero-order valence-electron chi connectivity index (χ0n) is 15.3. The van der Waals surface area contributed by atoms with Gasteiger partial charge in [0, 0.05) is 23.9 Å². The molecule has 1 N–H and O–H groups in total. The smallest absolute Gasteiger partial charge is 0.325 e. The van der Waals surface area contributed by atoms with Crippen LogP contribution in [0.5, 0.6) is 0 Å². The van der Waals surface area contributed by atoms with E-state index in [4.69, 9.17) is 0 Å². The molecule has 1 aromatic carbocycles. The van der Waals surface area contributed by atoms with E-state index in [0.29, 0.717) is 11.3 Å². The lowest BCUT2D eigenvalue weighted by Crippen LogP contribution is -2.46. The summed E-state index contributed by atoms with van der Waals surface area (Å²) in [6.45, 7) is 1.34. The van der Waals surface area contributed by atoms with Crippen LogP contribution in [-0.2, 0) is 14.4 Å². The van der Waals surface area contributed by atoms with Crippen LogP contribution in [0.25, 0.3) is 0 Å². The second-order valence-electron chi connectivity index (χ2n) is 7.03. The van der Waals surface area contributed by atoms with Crippen LogP contribution in [0.4, 0.5) is 16.2 Å². The lowest BCUT2D eigenvalue weighted by Gasteiger charge is -2.34. The molecule has 1 heterocycles. The summed E-state index contributed by atoms with van der Waals surface area (Å²) in [7, 11) is 0. The number of non-ortho nitro benzene ring substituents is 1. The highest BCUT2D eigenvalue weighted by atomic mass is 16.6. The number of amides is 5. The number of urea groups is 1. The lowest BCUT2D eigenvalue weighted by atomic mass is 9.85. The third-order valence-electron chi connectivity index (χ3n) is 5.15. The van der Waals surface area contributed by atoms with Gasteiger partial charge in [0.2, 0.25) is 5.91 Å². The number of carbonyl (C=O) groups excluding carboxylic acids is 4. The molecule has 148 valence electrons. The number of anilines is 1. The zero-order valence-corrected chi connectivity index (χ0v) is 15.3. The maximum Gasteiger partial charge on any atom is 0.334 e. The Kier molecular flexibility index (Phi) is 5.39. The topological polar surface area (TPSA) is 130 Å². The number of benzene rings is 1. The Morgan fingerprint density at radius 2 is 1.79 bits per heavy atom. The summed E-state index contributed by atoms with van der Waals surface area (Å²) in [4.78, 5) is 61.1. The van der Waals surface area contributed by atoms with Crippen LogP contribution in [0.3, 0.4) is 0 Å². The number of nitrogens with zero attached hydrogens (tertiary/aromatic N) is 3. The van der Waals surface area contributed by atoms with E-state index in [9.17, 15) is 29.3 Å². The van der Waals surface area contributed by atoms with Crippen molar-refractivity contribution in [2.45, 2.75) is 38.6 Å². The number of rotatable bonds is 5. The number of nitro groups is 1. The largest absolute Gasteiger partial charge is 0.334 e. The number of carbonyl (C=O) groups is 4. The van der Waals surface area contributed by atoms with Crippen molar-refractivity contribution in [3.05, 3.63) is 34.4 Å². The molecule has 0 aromatic heterocycles. The van der Waals surface area contributed by atoms with Gasteiger partial charge >= 0.3 is 17.8 Å². The average molecular weight is 388 g/mol. The quantitative estimate of drug-likeness (QED) is 0.355. The molecule has 28 heavy (non-hydrogen) atoms. The molecule has 0 bridgehead atoms. The van der Waals surface area contributed by atoms with E-state index < -0.39 is 35.2 Å². The van der Waals surface area contributed by atoms with Crippen molar-refractivity contribution < 1.29 is 24.1 Å². The fourth-order valence-corrected chi connectivity index (χ4v) is 3.65. The third kappa shape index (κ3) is 3.71. The molecule has 0 radical (unpaired) electrons. The molecule has 10 nitrogen and oxygen atoms in total. The first-order valence-electron chi connectivity index (χ1n) is 9.03. The Bertz CT molecular complexity index is 837. The van der Waals surface area contributed by atoms with Crippen molar-refractivity contribution in [1.29, 1.82) is 0 Å². The number of nitro benzene ring substituents is 1. The molecule has 0 unspecified atom stereocenters. The van der Waals surface area contributed by atoms with Crippen molar-refractivity contribution in [2.75, 3.05) is 11.9 Å². The SMILES string of the molecule is C[C@H]1CCCC[C@H]1N1C(=O)C(=O)N(CC(=O)Nc2ccc([N+](=O)[O-])cc2)C1=O. The van der Waals surface area contributed by atoms with Gasteiger partial charge in [0.15, 0.2) is 0 Å². The van der Waals surface area contributed by atoms with Crippen molar-refractivity contribution >= 4 is 35.1 Å². The molecular formula is C18H20N4O6. The van der Waals surface area contributed by atoms with E-state index >= 15 is 0 Å². The number of nitrogens with one attached hydrogen (secondary N) is 1. The van der Waals surface area contributed by atoms with Crippen LogP contribution < -0.4 is 5.32 Å². The van der Waals surface area contributed by atoms with Gasteiger partial charge < -0.3 is 5.32 Å². The van der Waals surface area contributed by atoms with Crippen molar-refractivity contribution in [1.82, 2.24) is 9.80 Å². The predicted molar refractivity (Wildman–Crippen MR) is 97.1 cm³/mol. The van der Waals surface area contributed by atoms with E-state index in [2.05, 4.69) is 5.32 Å². The molecule has 2 atom stereocenters. The molecule has 3 rings (SSSR count). The standard InChI is InChI=1S/C18H20N4O6/c1-11-4-2-3-5-14(11)21-17(25)16(24)20(18(21)26)10-15(23)19-12-6-8-13(9-7-12)22(27)28/h6-9,11,14H,2-5,10H2,1H3,(H,19,23)/t11-,14+/m0/s1. The molecule has 1 aromatic rings. The lowest BCUT2D eigenvalue weighted by molar-refractivity contribution is -0.384. The minimum Gasteiger partial charge on any atom is -0.325 e. The van der Waals surface area contributed by atoms with E-state index in [-0.39, 0.29) is 23.3 Å². The van der Waals surface area contributed by atoms with Gasteiger partial charge in [-0.05, 0) is 30.9 Å². The van der Waals surface area contributed by atoms with Crippen LogP contribution in [0.1, 0.15) is 32.6 Å². The molecule has 0 spiro atoms. The second kappa shape index (κ2) is 7.75. The first-order valence-corrected chi connectivity index (χ1v) is 9.03. The normalized spacial score (nSPS) is 22.5. The summed E-state index contributed by atoms with van der Waals surface area (Å²) in [5, 5.41) is 13.1. The number of imide groups is 2. The Morgan fingerprint density at radius 3 is 2.39 bits per heavy atom.